The van der Waals surface area contributed by atoms with Gasteiger partial charge in [-0.25, -0.2) is 4.79 Å². The monoisotopic (exact) mass is 402 g/mol. The molecule has 1 atom stereocenters. The van der Waals surface area contributed by atoms with Crippen LogP contribution < -0.4 is 15.8 Å². The van der Waals surface area contributed by atoms with E-state index >= 15 is 0 Å². The number of nitrogens with zero attached hydrogens (tertiary/aromatic N) is 1. The number of carbonyl (C=O) groups excluding carboxylic acids is 2. The zero-order chi connectivity index (χ0) is 20.9. The smallest absolute Gasteiger partial charge is 0.341 e. The normalized spacial score (nSPS) is 19.2. The van der Waals surface area contributed by atoms with E-state index < -0.39 is 17.3 Å². The fourth-order valence-corrected chi connectivity index (χ4v) is 4.24. The Balaban J connectivity index is 1.88. The minimum Gasteiger partial charge on any atom is -0.462 e. The number of esters is 1. The number of ether oxygens (including phenoxy) is 2. The van der Waals surface area contributed by atoms with Crippen molar-refractivity contribution in [3.05, 3.63) is 77.2 Å². The fraction of sp³-hybridized carbons (Fsp3) is 0.136. The van der Waals surface area contributed by atoms with Gasteiger partial charge in [-0.2, -0.15) is 0 Å². The number of aromatic amines is 1. The third-order valence-corrected chi connectivity index (χ3v) is 5.40. The van der Waals surface area contributed by atoms with E-state index in [1.807, 2.05) is 36.4 Å². The van der Waals surface area contributed by atoms with Crippen molar-refractivity contribution in [1.82, 2.24) is 10.2 Å². The largest absolute Gasteiger partial charge is 0.462 e. The maximum absolute atomic E-state index is 13.6. The number of hydrogen-bond donors (Lipinski definition) is 3. The third kappa shape index (κ3) is 2.24. The molecule has 1 spiro atoms. The van der Waals surface area contributed by atoms with Crippen molar-refractivity contribution in [3.63, 3.8) is 0 Å². The number of para-hydroxylation sites is 1. The lowest BCUT2D eigenvalue weighted by molar-refractivity contribution is -0.140. The van der Waals surface area contributed by atoms with Crippen molar-refractivity contribution >= 4 is 17.6 Å². The van der Waals surface area contributed by atoms with Crippen molar-refractivity contribution in [2.75, 3.05) is 11.9 Å². The van der Waals surface area contributed by atoms with Crippen molar-refractivity contribution in [2.45, 2.75) is 12.3 Å². The number of rotatable bonds is 3. The summed E-state index contributed by atoms with van der Waals surface area (Å²) in [5, 5.41) is 10.1. The van der Waals surface area contributed by atoms with Crippen LogP contribution in [0.5, 0.6) is 5.88 Å². The molecule has 0 unspecified atom stereocenters. The number of nitrogens with two attached hydrogens (primary N) is 1. The van der Waals surface area contributed by atoms with Crippen LogP contribution >= 0.6 is 0 Å². The highest BCUT2D eigenvalue weighted by molar-refractivity contribution is 6.18. The van der Waals surface area contributed by atoms with Crippen LogP contribution in [0.3, 0.4) is 0 Å². The molecule has 1 amide bonds. The van der Waals surface area contributed by atoms with Gasteiger partial charge in [0.15, 0.2) is 0 Å². The average molecular weight is 402 g/mol. The molecule has 30 heavy (non-hydrogen) atoms. The molecular formula is C22H18N4O4. The number of fused-ring (bicyclic) bond motifs is 4. The van der Waals surface area contributed by atoms with E-state index in [2.05, 4.69) is 15.5 Å². The van der Waals surface area contributed by atoms with Crippen LogP contribution in [0.15, 0.2) is 66.1 Å². The molecule has 8 heteroatoms. The predicted molar refractivity (Wildman–Crippen MR) is 108 cm³/mol. The second kappa shape index (κ2) is 6.48. The summed E-state index contributed by atoms with van der Waals surface area (Å²) in [4.78, 5) is 26.7. The van der Waals surface area contributed by atoms with Gasteiger partial charge in [-0.1, -0.05) is 48.5 Å². The van der Waals surface area contributed by atoms with Crippen LogP contribution in [-0.2, 0) is 19.7 Å². The third-order valence-electron chi connectivity index (χ3n) is 5.40. The molecule has 0 bridgehead atoms. The van der Waals surface area contributed by atoms with Crippen molar-refractivity contribution < 1.29 is 19.1 Å². The number of benzene rings is 2. The minimum atomic E-state index is -1.56. The maximum atomic E-state index is 13.6. The Morgan fingerprint density at radius 3 is 2.67 bits per heavy atom. The van der Waals surface area contributed by atoms with Gasteiger partial charge in [0.2, 0.25) is 17.7 Å². The van der Waals surface area contributed by atoms with Gasteiger partial charge in [0, 0.05) is 16.8 Å². The van der Waals surface area contributed by atoms with Gasteiger partial charge in [0.25, 0.3) is 0 Å². The molecule has 150 valence electrons. The highest BCUT2D eigenvalue weighted by Gasteiger charge is 2.60. The molecule has 3 heterocycles. The van der Waals surface area contributed by atoms with Gasteiger partial charge in [-0.05, 0) is 13.0 Å². The van der Waals surface area contributed by atoms with Gasteiger partial charge in [0.1, 0.15) is 11.0 Å². The first-order chi connectivity index (χ1) is 14.6. The van der Waals surface area contributed by atoms with Crippen LogP contribution in [-0.4, -0.2) is 28.7 Å². The summed E-state index contributed by atoms with van der Waals surface area (Å²) < 4.78 is 11.0. The Hall–Kier alpha value is -4.07. The number of amides is 1. The van der Waals surface area contributed by atoms with Crippen molar-refractivity contribution in [2.24, 2.45) is 5.73 Å². The summed E-state index contributed by atoms with van der Waals surface area (Å²) in [5.41, 5.74) is 7.50. The molecule has 3 aromatic rings. The Labute approximate surface area is 171 Å². The lowest BCUT2D eigenvalue weighted by Gasteiger charge is -2.33. The Bertz CT molecular complexity index is 1210. The SMILES string of the molecule is CCOC(=O)C1=C(N)Oc2n[nH]c(-c3ccccc3)c2[C@]12C(=O)Nc1ccccc12. The topological polar surface area (TPSA) is 119 Å². The predicted octanol–water partition coefficient (Wildman–Crippen LogP) is 2.44. The molecule has 2 aliphatic rings. The van der Waals surface area contributed by atoms with Gasteiger partial charge < -0.3 is 20.5 Å². The number of H-pyrrole nitrogens is 1. The Kier molecular flexibility index (Phi) is 3.89. The first-order valence-corrected chi connectivity index (χ1v) is 9.49. The van der Waals surface area contributed by atoms with E-state index in [-0.39, 0.29) is 23.9 Å². The summed E-state index contributed by atoms with van der Waals surface area (Å²) in [6.45, 7) is 1.81. The molecule has 0 aliphatic carbocycles. The van der Waals surface area contributed by atoms with Crippen molar-refractivity contribution in [3.8, 4) is 17.1 Å². The van der Waals surface area contributed by atoms with Crippen LogP contribution in [0, 0.1) is 0 Å². The summed E-state index contributed by atoms with van der Waals surface area (Å²) >= 11 is 0. The lowest BCUT2D eigenvalue weighted by atomic mass is 9.68. The molecule has 4 N–H and O–H groups in total. The zero-order valence-corrected chi connectivity index (χ0v) is 16.1. The number of aromatic nitrogens is 2. The highest BCUT2D eigenvalue weighted by atomic mass is 16.5. The van der Waals surface area contributed by atoms with E-state index in [0.29, 0.717) is 22.5 Å². The number of hydrogen-bond acceptors (Lipinski definition) is 6. The first kappa shape index (κ1) is 18.0. The molecule has 1 aromatic heterocycles. The second-order valence-electron chi connectivity index (χ2n) is 6.96. The number of carbonyl (C=O) groups is 2. The van der Waals surface area contributed by atoms with E-state index in [0.717, 1.165) is 5.56 Å². The minimum absolute atomic E-state index is 0.0575. The summed E-state index contributed by atoms with van der Waals surface area (Å²) in [5.74, 6) is -1.20. The molecule has 2 aliphatic heterocycles. The molecule has 8 nitrogen and oxygen atoms in total. The molecule has 5 rings (SSSR count). The zero-order valence-electron chi connectivity index (χ0n) is 16.1. The Morgan fingerprint density at radius 1 is 1.17 bits per heavy atom. The first-order valence-electron chi connectivity index (χ1n) is 9.49. The number of nitrogens with one attached hydrogen (secondary N) is 2. The fourth-order valence-electron chi connectivity index (χ4n) is 4.24. The van der Waals surface area contributed by atoms with Gasteiger partial charge in [0.05, 0.1) is 17.9 Å². The van der Waals surface area contributed by atoms with Crippen LogP contribution in [0.4, 0.5) is 5.69 Å². The van der Waals surface area contributed by atoms with E-state index in [4.69, 9.17) is 15.2 Å². The molecule has 0 radical (unpaired) electrons. The standard InChI is InChI=1S/C22H18N4O4/c1-2-29-20(27)16-18(23)30-19-15(17(25-26-19)12-8-4-3-5-9-12)22(16)13-10-6-7-11-14(13)24-21(22)28/h3-11H,2,23H2,1H3,(H,24,28)(H,25,26)/t22-/m0/s1. The van der Waals surface area contributed by atoms with Gasteiger partial charge in [-0.15, -0.1) is 5.10 Å². The number of anilines is 1. The quantitative estimate of drug-likeness (QED) is 0.579. The molecular weight excluding hydrogens is 384 g/mol. The summed E-state index contributed by atoms with van der Waals surface area (Å²) in [7, 11) is 0. The van der Waals surface area contributed by atoms with Crippen LogP contribution in [0.1, 0.15) is 18.1 Å². The molecule has 0 saturated heterocycles. The summed E-state index contributed by atoms with van der Waals surface area (Å²) in [6.07, 6.45) is 0. The molecule has 0 saturated carbocycles. The molecule has 2 aromatic carbocycles. The molecule has 0 fully saturated rings. The second-order valence-corrected chi connectivity index (χ2v) is 6.96. The van der Waals surface area contributed by atoms with E-state index in [9.17, 15) is 9.59 Å². The van der Waals surface area contributed by atoms with Crippen molar-refractivity contribution in [1.29, 1.82) is 0 Å². The van der Waals surface area contributed by atoms with Crippen LogP contribution in [0.25, 0.3) is 11.3 Å². The van der Waals surface area contributed by atoms with E-state index in [1.54, 1.807) is 25.1 Å². The van der Waals surface area contributed by atoms with Gasteiger partial charge in [-0.3, -0.25) is 9.89 Å². The Morgan fingerprint density at radius 2 is 1.90 bits per heavy atom. The average Bonchev–Trinajstić information content (AvgIpc) is 3.29. The highest BCUT2D eigenvalue weighted by Crippen LogP contribution is 2.55. The summed E-state index contributed by atoms with van der Waals surface area (Å²) in [6, 6.07) is 16.6. The lowest BCUT2D eigenvalue weighted by Crippen LogP contribution is -2.46. The van der Waals surface area contributed by atoms with Crippen LogP contribution in [0.2, 0.25) is 0 Å². The van der Waals surface area contributed by atoms with Gasteiger partial charge >= 0.3 is 5.97 Å². The van der Waals surface area contributed by atoms with E-state index in [1.165, 1.54) is 0 Å². The maximum Gasteiger partial charge on any atom is 0.341 e.